The zero-order valence-corrected chi connectivity index (χ0v) is 10.2. The van der Waals surface area contributed by atoms with Crippen LogP contribution in [-0.2, 0) is 10.3 Å². The maximum atomic E-state index is 12.4. The standard InChI is InChI=1S/C10H12F3N3OS/c11-10(12,13)8(17)16-3-1-2-9(14,6-16)7-4-15-18-5-7/h4-5H,1-3,6,14H2. The molecule has 100 valence electrons. The molecule has 1 aromatic heterocycles. The van der Waals surface area contributed by atoms with E-state index in [0.29, 0.717) is 18.4 Å². The van der Waals surface area contributed by atoms with Crippen LogP contribution in [0.5, 0.6) is 0 Å². The summed E-state index contributed by atoms with van der Waals surface area (Å²) < 4.78 is 41.1. The monoisotopic (exact) mass is 279 g/mol. The summed E-state index contributed by atoms with van der Waals surface area (Å²) in [6.07, 6.45) is -2.29. The number of carbonyl (C=O) groups excluding carboxylic acids is 1. The summed E-state index contributed by atoms with van der Waals surface area (Å²) in [5.41, 5.74) is 5.86. The first-order chi connectivity index (χ1) is 8.33. The molecule has 18 heavy (non-hydrogen) atoms. The predicted octanol–water partition coefficient (Wildman–Crippen LogP) is 1.48. The van der Waals surface area contributed by atoms with Gasteiger partial charge in [0.2, 0.25) is 0 Å². The van der Waals surface area contributed by atoms with Crippen molar-refractivity contribution in [1.29, 1.82) is 0 Å². The molecule has 1 aromatic rings. The highest BCUT2D eigenvalue weighted by Gasteiger charge is 2.46. The molecule has 1 aliphatic heterocycles. The van der Waals surface area contributed by atoms with Crippen LogP contribution in [0.4, 0.5) is 13.2 Å². The summed E-state index contributed by atoms with van der Waals surface area (Å²) in [4.78, 5) is 12.0. The molecule has 4 nitrogen and oxygen atoms in total. The van der Waals surface area contributed by atoms with Gasteiger partial charge in [-0.1, -0.05) is 0 Å². The molecule has 0 bridgehead atoms. The number of hydrogen-bond acceptors (Lipinski definition) is 4. The molecule has 1 aliphatic rings. The Morgan fingerprint density at radius 3 is 2.83 bits per heavy atom. The Hall–Kier alpha value is -1.15. The first-order valence-electron chi connectivity index (χ1n) is 5.38. The predicted molar refractivity (Wildman–Crippen MR) is 59.8 cm³/mol. The van der Waals surface area contributed by atoms with Crippen molar-refractivity contribution in [1.82, 2.24) is 9.27 Å². The maximum Gasteiger partial charge on any atom is 0.471 e. The number of alkyl halides is 3. The molecule has 0 radical (unpaired) electrons. The Balaban J connectivity index is 2.17. The number of rotatable bonds is 1. The van der Waals surface area contributed by atoms with E-state index in [4.69, 9.17) is 5.73 Å². The van der Waals surface area contributed by atoms with Crippen molar-refractivity contribution in [3.63, 3.8) is 0 Å². The Morgan fingerprint density at radius 1 is 1.56 bits per heavy atom. The van der Waals surface area contributed by atoms with Gasteiger partial charge >= 0.3 is 12.1 Å². The van der Waals surface area contributed by atoms with Gasteiger partial charge in [-0.3, -0.25) is 4.79 Å². The number of piperidine rings is 1. The van der Waals surface area contributed by atoms with Crippen molar-refractivity contribution in [2.45, 2.75) is 24.6 Å². The molecule has 1 atom stereocenters. The van der Waals surface area contributed by atoms with Crippen LogP contribution in [0.1, 0.15) is 18.4 Å². The molecular formula is C10H12F3N3OS. The Labute approximate surface area is 106 Å². The summed E-state index contributed by atoms with van der Waals surface area (Å²) in [7, 11) is 0. The zero-order chi connectivity index (χ0) is 13.4. The molecule has 0 aromatic carbocycles. The van der Waals surface area contributed by atoms with Crippen molar-refractivity contribution in [3.05, 3.63) is 17.1 Å². The van der Waals surface area contributed by atoms with E-state index < -0.39 is 17.6 Å². The van der Waals surface area contributed by atoms with E-state index in [2.05, 4.69) is 4.37 Å². The Bertz CT molecular complexity index is 434. The van der Waals surface area contributed by atoms with Crippen LogP contribution in [0.15, 0.2) is 11.6 Å². The smallest absolute Gasteiger partial charge is 0.333 e. The van der Waals surface area contributed by atoms with Crippen LogP contribution in [0.25, 0.3) is 0 Å². The van der Waals surface area contributed by atoms with Crippen LogP contribution in [0, 0.1) is 0 Å². The second kappa shape index (κ2) is 4.51. The molecule has 2 N–H and O–H groups in total. The van der Waals surface area contributed by atoms with Gasteiger partial charge in [-0.25, -0.2) is 4.37 Å². The minimum atomic E-state index is -4.84. The number of amides is 1. The van der Waals surface area contributed by atoms with E-state index in [1.54, 1.807) is 11.6 Å². The highest BCUT2D eigenvalue weighted by atomic mass is 32.1. The lowest BCUT2D eigenvalue weighted by Crippen LogP contribution is -2.55. The summed E-state index contributed by atoms with van der Waals surface area (Å²) >= 11 is 1.19. The van der Waals surface area contributed by atoms with Gasteiger partial charge in [-0.05, 0) is 24.4 Å². The number of halogens is 3. The fourth-order valence-electron chi connectivity index (χ4n) is 2.12. The molecule has 1 fully saturated rings. The maximum absolute atomic E-state index is 12.4. The lowest BCUT2D eigenvalue weighted by Gasteiger charge is -2.39. The summed E-state index contributed by atoms with van der Waals surface area (Å²) in [5, 5.41) is 1.71. The van der Waals surface area contributed by atoms with Crippen molar-refractivity contribution in [3.8, 4) is 0 Å². The van der Waals surface area contributed by atoms with E-state index in [1.165, 1.54) is 11.5 Å². The third kappa shape index (κ3) is 2.49. The first-order valence-corrected chi connectivity index (χ1v) is 6.21. The number of likely N-dealkylation sites (tertiary alicyclic amines) is 1. The SMILES string of the molecule is NC1(c2cnsc2)CCCN(C(=O)C(F)(F)F)C1. The molecule has 1 amide bonds. The number of hydrogen-bond donors (Lipinski definition) is 1. The van der Waals surface area contributed by atoms with Gasteiger partial charge in [0.1, 0.15) is 0 Å². The molecule has 0 aliphatic carbocycles. The average Bonchev–Trinajstić information content (AvgIpc) is 2.81. The molecule has 0 spiro atoms. The van der Waals surface area contributed by atoms with Gasteiger partial charge in [0.15, 0.2) is 0 Å². The second-order valence-electron chi connectivity index (χ2n) is 4.40. The molecule has 8 heteroatoms. The minimum Gasteiger partial charge on any atom is -0.333 e. The first kappa shape index (κ1) is 13.3. The van der Waals surface area contributed by atoms with Crippen molar-refractivity contribution in [2.24, 2.45) is 5.73 Å². The van der Waals surface area contributed by atoms with Gasteiger partial charge in [-0.2, -0.15) is 13.2 Å². The van der Waals surface area contributed by atoms with Gasteiger partial charge in [-0.15, -0.1) is 0 Å². The molecule has 2 rings (SSSR count). The van der Waals surface area contributed by atoms with Crippen molar-refractivity contribution < 1.29 is 18.0 Å². The fourth-order valence-corrected chi connectivity index (χ4v) is 2.77. The number of aromatic nitrogens is 1. The quantitative estimate of drug-likeness (QED) is 0.847. The van der Waals surface area contributed by atoms with Gasteiger partial charge in [0.25, 0.3) is 0 Å². The van der Waals surface area contributed by atoms with E-state index in [-0.39, 0.29) is 13.1 Å². The number of carbonyl (C=O) groups is 1. The average molecular weight is 279 g/mol. The van der Waals surface area contributed by atoms with E-state index in [1.807, 2.05) is 0 Å². The summed E-state index contributed by atoms with van der Waals surface area (Å²) in [6, 6.07) is 0. The summed E-state index contributed by atoms with van der Waals surface area (Å²) in [6.45, 7) is -0.0292. The Kier molecular flexibility index (Phi) is 3.33. The molecule has 0 saturated carbocycles. The highest BCUT2D eigenvalue weighted by Crippen LogP contribution is 2.31. The van der Waals surface area contributed by atoms with Crippen LogP contribution in [-0.4, -0.2) is 34.4 Å². The lowest BCUT2D eigenvalue weighted by atomic mass is 9.85. The molecule has 2 heterocycles. The third-order valence-corrected chi connectivity index (χ3v) is 3.65. The third-order valence-electron chi connectivity index (χ3n) is 3.06. The second-order valence-corrected chi connectivity index (χ2v) is 5.05. The molecule has 1 unspecified atom stereocenters. The van der Waals surface area contributed by atoms with E-state index >= 15 is 0 Å². The number of nitrogens with two attached hydrogens (primary N) is 1. The summed E-state index contributed by atoms with van der Waals surface area (Å²) in [5.74, 6) is -1.82. The molecule has 1 saturated heterocycles. The zero-order valence-electron chi connectivity index (χ0n) is 9.41. The van der Waals surface area contributed by atoms with Crippen molar-refractivity contribution >= 4 is 17.4 Å². The largest absolute Gasteiger partial charge is 0.471 e. The molecular weight excluding hydrogens is 267 g/mol. The lowest BCUT2D eigenvalue weighted by molar-refractivity contribution is -0.187. The highest BCUT2D eigenvalue weighted by molar-refractivity contribution is 7.03. The van der Waals surface area contributed by atoms with Crippen LogP contribution in [0.2, 0.25) is 0 Å². The Morgan fingerprint density at radius 2 is 2.28 bits per heavy atom. The minimum absolute atomic E-state index is 0.0921. The van der Waals surface area contributed by atoms with Crippen LogP contribution >= 0.6 is 11.5 Å². The van der Waals surface area contributed by atoms with E-state index in [0.717, 1.165) is 4.90 Å². The van der Waals surface area contributed by atoms with Crippen molar-refractivity contribution in [2.75, 3.05) is 13.1 Å². The van der Waals surface area contributed by atoms with Gasteiger partial charge in [0, 0.05) is 30.2 Å². The van der Waals surface area contributed by atoms with E-state index in [9.17, 15) is 18.0 Å². The normalized spacial score (nSPS) is 25.2. The fraction of sp³-hybridized carbons (Fsp3) is 0.600. The topological polar surface area (TPSA) is 59.2 Å². The van der Waals surface area contributed by atoms with Gasteiger partial charge < -0.3 is 10.6 Å². The van der Waals surface area contributed by atoms with Crippen LogP contribution < -0.4 is 5.73 Å². The number of nitrogens with zero attached hydrogens (tertiary/aromatic N) is 2. The van der Waals surface area contributed by atoms with Crippen LogP contribution in [0.3, 0.4) is 0 Å². The van der Waals surface area contributed by atoms with Gasteiger partial charge in [0.05, 0.1) is 5.54 Å².